The number of nitrogens with one attached hydrogen (secondary N) is 1. The van der Waals surface area contributed by atoms with Crippen LogP contribution in [0.3, 0.4) is 0 Å². The fourth-order valence-electron chi connectivity index (χ4n) is 3.43. The zero-order valence-corrected chi connectivity index (χ0v) is 18.5. The molecule has 4 rings (SSSR count). The van der Waals surface area contributed by atoms with Gasteiger partial charge in [0.2, 0.25) is 5.75 Å². The second kappa shape index (κ2) is 9.15. The van der Waals surface area contributed by atoms with Crippen molar-refractivity contribution in [1.29, 1.82) is 0 Å². The smallest absolute Gasteiger partial charge is 0.267 e. The molecule has 0 atom stereocenters. The molecule has 0 spiro atoms. The monoisotopic (exact) mass is 452 g/mol. The number of ether oxygens (including phenoxy) is 3. The van der Waals surface area contributed by atoms with Crippen molar-refractivity contribution in [3.8, 4) is 34.1 Å². The normalized spacial score (nSPS) is 10.6. The number of hydrogen-bond donors (Lipinski definition) is 1. The fourth-order valence-corrected chi connectivity index (χ4v) is 4.40. The molecule has 1 amide bonds. The van der Waals surface area contributed by atoms with Gasteiger partial charge in [-0.05, 0) is 29.8 Å². The molecule has 0 radical (unpaired) electrons. The van der Waals surface area contributed by atoms with Crippen molar-refractivity contribution in [2.75, 3.05) is 26.6 Å². The van der Waals surface area contributed by atoms with Crippen molar-refractivity contribution < 1.29 is 23.4 Å². The van der Waals surface area contributed by atoms with Crippen molar-refractivity contribution in [3.63, 3.8) is 0 Å². The highest BCUT2D eigenvalue weighted by molar-refractivity contribution is 7.13. The van der Waals surface area contributed by atoms with Crippen LogP contribution in [0.2, 0.25) is 0 Å². The fraction of sp³-hybridized carbons (Fsp3) is 0.125. The standard InChI is InChI=1S/C24H21FN2O4S/c1-29-19-12-17(13-20(30-2)22(19)31-3)26-24(28)23-21(27-10-4-5-11-27)18(14-32-23)15-6-8-16(25)9-7-15/h4-14H,1-3H3,(H,26,28). The van der Waals surface area contributed by atoms with E-state index in [9.17, 15) is 9.18 Å². The summed E-state index contributed by atoms with van der Waals surface area (Å²) in [6, 6.07) is 13.3. The molecule has 32 heavy (non-hydrogen) atoms. The molecule has 0 unspecified atom stereocenters. The second-order valence-corrected chi connectivity index (χ2v) is 7.67. The van der Waals surface area contributed by atoms with E-state index in [4.69, 9.17) is 14.2 Å². The summed E-state index contributed by atoms with van der Waals surface area (Å²) in [6.45, 7) is 0. The van der Waals surface area contributed by atoms with Crippen LogP contribution in [-0.4, -0.2) is 31.8 Å². The minimum absolute atomic E-state index is 0.290. The molecular weight excluding hydrogens is 431 g/mol. The summed E-state index contributed by atoms with van der Waals surface area (Å²) >= 11 is 1.31. The van der Waals surface area contributed by atoms with Crippen LogP contribution in [0.15, 0.2) is 66.3 Å². The number of rotatable bonds is 7. The van der Waals surface area contributed by atoms with E-state index in [1.165, 1.54) is 44.8 Å². The molecule has 2 aromatic carbocycles. The number of aromatic nitrogens is 1. The summed E-state index contributed by atoms with van der Waals surface area (Å²) in [4.78, 5) is 13.8. The summed E-state index contributed by atoms with van der Waals surface area (Å²) in [5.74, 6) is 0.709. The van der Waals surface area contributed by atoms with E-state index in [1.807, 2.05) is 34.5 Å². The van der Waals surface area contributed by atoms with Crippen LogP contribution < -0.4 is 19.5 Å². The molecular formula is C24H21FN2O4S. The van der Waals surface area contributed by atoms with Gasteiger partial charge in [-0.1, -0.05) is 12.1 Å². The largest absolute Gasteiger partial charge is 0.493 e. The Hall–Kier alpha value is -3.78. The third kappa shape index (κ3) is 4.04. The summed E-state index contributed by atoms with van der Waals surface area (Å²) in [5.41, 5.74) is 2.87. The zero-order chi connectivity index (χ0) is 22.7. The second-order valence-electron chi connectivity index (χ2n) is 6.79. The van der Waals surface area contributed by atoms with Gasteiger partial charge in [0.1, 0.15) is 10.7 Å². The van der Waals surface area contributed by atoms with Gasteiger partial charge in [0.15, 0.2) is 11.5 Å². The summed E-state index contributed by atoms with van der Waals surface area (Å²) in [7, 11) is 4.55. The highest BCUT2D eigenvalue weighted by Crippen LogP contribution is 2.41. The molecule has 1 N–H and O–H groups in total. The minimum Gasteiger partial charge on any atom is -0.493 e. The molecule has 8 heteroatoms. The Labute approximate surface area is 188 Å². The highest BCUT2D eigenvalue weighted by atomic mass is 32.1. The first kappa shape index (κ1) is 21.5. The van der Waals surface area contributed by atoms with E-state index in [1.54, 1.807) is 24.3 Å². The lowest BCUT2D eigenvalue weighted by atomic mass is 10.1. The van der Waals surface area contributed by atoms with Crippen molar-refractivity contribution in [1.82, 2.24) is 4.57 Å². The third-order valence-electron chi connectivity index (χ3n) is 4.91. The molecule has 0 aliphatic carbocycles. The van der Waals surface area contributed by atoms with Crippen molar-refractivity contribution in [2.24, 2.45) is 0 Å². The molecule has 0 bridgehead atoms. The van der Waals surface area contributed by atoms with Gasteiger partial charge in [-0.15, -0.1) is 11.3 Å². The lowest BCUT2D eigenvalue weighted by molar-refractivity contribution is 0.103. The van der Waals surface area contributed by atoms with Gasteiger partial charge in [0.25, 0.3) is 5.91 Å². The molecule has 164 valence electrons. The molecule has 6 nitrogen and oxygen atoms in total. The highest BCUT2D eigenvalue weighted by Gasteiger charge is 2.22. The minimum atomic E-state index is -0.313. The van der Waals surface area contributed by atoms with Crippen LogP contribution in [0.25, 0.3) is 16.8 Å². The molecule has 0 aliphatic heterocycles. The lowest BCUT2D eigenvalue weighted by Gasteiger charge is -2.15. The van der Waals surface area contributed by atoms with Gasteiger partial charge in [-0.25, -0.2) is 4.39 Å². The first-order valence-electron chi connectivity index (χ1n) is 9.67. The molecule has 0 saturated heterocycles. The Kier molecular flexibility index (Phi) is 6.13. The Bertz CT molecular complexity index is 1210. The average molecular weight is 453 g/mol. The average Bonchev–Trinajstić information content (AvgIpc) is 3.48. The van der Waals surface area contributed by atoms with Crippen LogP contribution in [-0.2, 0) is 0 Å². The van der Waals surface area contributed by atoms with Crippen molar-refractivity contribution in [2.45, 2.75) is 0 Å². The Morgan fingerprint density at radius 2 is 1.59 bits per heavy atom. The number of hydrogen-bond acceptors (Lipinski definition) is 5. The topological polar surface area (TPSA) is 61.7 Å². The Morgan fingerprint density at radius 1 is 0.969 bits per heavy atom. The molecule has 0 fully saturated rings. The van der Waals surface area contributed by atoms with Gasteiger partial charge >= 0.3 is 0 Å². The van der Waals surface area contributed by atoms with E-state index in [0.717, 1.165) is 16.8 Å². The number of benzene rings is 2. The van der Waals surface area contributed by atoms with Gasteiger partial charge in [0, 0.05) is 41.2 Å². The van der Waals surface area contributed by atoms with E-state index in [2.05, 4.69) is 5.32 Å². The van der Waals surface area contributed by atoms with Crippen LogP contribution in [0.1, 0.15) is 9.67 Å². The lowest BCUT2D eigenvalue weighted by Crippen LogP contribution is -2.13. The summed E-state index contributed by atoms with van der Waals surface area (Å²) in [5, 5.41) is 4.81. The number of anilines is 1. The first-order chi connectivity index (χ1) is 15.5. The maximum absolute atomic E-state index is 13.4. The maximum Gasteiger partial charge on any atom is 0.267 e. The number of carbonyl (C=O) groups excluding carboxylic acids is 1. The van der Waals surface area contributed by atoms with Crippen LogP contribution in [0.5, 0.6) is 17.2 Å². The van der Waals surface area contributed by atoms with Crippen molar-refractivity contribution >= 4 is 22.9 Å². The predicted molar refractivity (Wildman–Crippen MR) is 123 cm³/mol. The maximum atomic E-state index is 13.4. The predicted octanol–water partition coefficient (Wildman–Crippen LogP) is 5.62. The molecule has 0 saturated carbocycles. The number of amides is 1. The number of methoxy groups -OCH3 is 3. The van der Waals surface area contributed by atoms with Gasteiger partial charge in [-0.3, -0.25) is 4.79 Å². The molecule has 0 aliphatic rings. The van der Waals surface area contributed by atoms with E-state index >= 15 is 0 Å². The van der Waals surface area contributed by atoms with Crippen LogP contribution in [0, 0.1) is 5.82 Å². The number of nitrogens with zero attached hydrogens (tertiary/aromatic N) is 1. The van der Waals surface area contributed by atoms with Crippen LogP contribution >= 0.6 is 11.3 Å². The molecule has 2 aromatic heterocycles. The quantitative estimate of drug-likeness (QED) is 0.395. The van der Waals surface area contributed by atoms with E-state index in [-0.39, 0.29) is 11.7 Å². The molecule has 2 heterocycles. The van der Waals surface area contributed by atoms with E-state index in [0.29, 0.717) is 27.8 Å². The van der Waals surface area contributed by atoms with E-state index < -0.39 is 0 Å². The van der Waals surface area contributed by atoms with Crippen molar-refractivity contribution in [3.05, 3.63) is 77.0 Å². The van der Waals surface area contributed by atoms with Gasteiger partial charge in [-0.2, -0.15) is 0 Å². The number of thiophene rings is 1. The first-order valence-corrected chi connectivity index (χ1v) is 10.6. The summed E-state index contributed by atoms with van der Waals surface area (Å²) < 4.78 is 31.4. The third-order valence-corrected chi connectivity index (χ3v) is 5.88. The number of carbonyl (C=O) groups is 1. The van der Waals surface area contributed by atoms with Gasteiger partial charge in [0.05, 0.1) is 27.0 Å². The Balaban J connectivity index is 1.74. The van der Waals surface area contributed by atoms with Gasteiger partial charge < -0.3 is 24.1 Å². The summed E-state index contributed by atoms with van der Waals surface area (Å²) in [6.07, 6.45) is 3.73. The SMILES string of the molecule is COc1cc(NC(=O)c2scc(-c3ccc(F)cc3)c2-n2cccc2)cc(OC)c1OC. The number of halogens is 1. The van der Waals surface area contributed by atoms with Crippen LogP contribution in [0.4, 0.5) is 10.1 Å². The molecule has 4 aromatic rings. The Morgan fingerprint density at radius 3 is 2.16 bits per heavy atom. The zero-order valence-electron chi connectivity index (χ0n) is 17.7.